The Bertz CT molecular complexity index is 613. The lowest BCUT2D eigenvalue weighted by Crippen LogP contribution is -2.04. The number of hydrogen-bond acceptors (Lipinski definition) is 4. The van der Waals surface area contributed by atoms with Crippen molar-refractivity contribution in [2.24, 2.45) is 5.16 Å². The Morgan fingerprint density at radius 1 is 1.19 bits per heavy atom. The van der Waals surface area contributed by atoms with Crippen molar-refractivity contribution < 1.29 is 18.7 Å². The maximum atomic E-state index is 12.5. The maximum Gasteiger partial charge on any atom is 0.188 e. The van der Waals surface area contributed by atoms with E-state index in [0.29, 0.717) is 29.7 Å². The summed E-state index contributed by atoms with van der Waals surface area (Å²) in [5, 5.41) is 3.56. The van der Waals surface area contributed by atoms with Crippen molar-refractivity contribution >= 4 is 28.9 Å². The van der Waals surface area contributed by atoms with Gasteiger partial charge in [-0.2, -0.15) is 4.39 Å². The first-order chi connectivity index (χ1) is 12.4. The summed E-state index contributed by atoms with van der Waals surface area (Å²) in [5.74, 6) is 1.23. The predicted octanol–water partition coefficient (Wildman–Crippen LogP) is 6.29. The largest absolute Gasteiger partial charge is 0.492 e. The average molecular weight is 406 g/mol. The van der Waals surface area contributed by atoms with Gasteiger partial charge in [0.2, 0.25) is 0 Å². The van der Waals surface area contributed by atoms with Crippen LogP contribution in [0.25, 0.3) is 0 Å². The van der Waals surface area contributed by atoms with Crippen LogP contribution in [0.4, 0.5) is 4.39 Å². The summed E-state index contributed by atoms with van der Waals surface area (Å²) in [6.45, 7) is 6.98. The van der Waals surface area contributed by atoms with Crippen molar-refractivity contribution in [1.29, 1.82) is 0 Å². The van der Waals surface area contributed by atoms with Gasteiger partial charge in [0.05, 0.1) is 17.3 Å². The molecule has 0 aromatic heterocycles. The molecule has 0 aliphatic heterocycles. The van der Waals surface area contributed by atoms with Crippen molar-refractivity contribution in [2.45, 2.75) is 46.5 Å². The van der Waals surface area contributed by atoms with Gasteiger partial charge >= 0.3 is 0 Å². The van der Waals surface area contributed by atoms with Crippen LogP contribution in [0, 0.1) is 0 Å². The summed E-state index contributed by atoms with van der Waals surface area (Å²) in [6.07, 6.45) is 4.56. The third-order valence-electron chi connectivity index (χ3n) is 3.22. The number of hydrogen-bond donors (Lipinski definition) is 0. The number of aryl methyl sites for hydroxylation is 1. The quantitative estimate of drug-likeness (QED) is 0.233. The number of halogens is 3. The Labute approximate surface area is 164 Å². The minimum Gasteiger partial charge on any atom is -0.492 e. The summed E-state index contributed by atoms with van der Waals surface area (Å²) < 4.78 is 23.9. The molecule has 0 saturated heterocycles. The highest BCUT2D eigenvalue weighted by Crippen LogP contribution is 2.34. The SMILES string of the molecule is CCCc1cc(OC/C=C(\F)Cl)cc(Cl)c1OCCCCON=C(C)C. The summed E-state index contributed by atoms with van der Waals surface area (Å²) >= 11 is 11.5. The Kier molecular flexibility index (Phi) is 11.1. The summed E-state index contributed by atoms with van der Waals surface area (Å²) in [5.41, 5.74) is 1.86. The first-order valence-electron chi connectivity index (χ1n) is 8.66. The van der Waals surface area contributed by atoms with E-state index in [2.05, 4.69) is 12.1 Å². The zero-order valence-electron chi connectivity index (χ0n) is 15.5. The van der Waals surface area contributed by atoms with E-state index in [-0.39, 0.29) is 6.61 Å². The number of oxime groups is 1. The molecule has 0 amide bonds. The fraction of sp³-hybridized carbons (Fsp3) is 0.526. The molecule has 1 aromatic carbocycles. The number of ether oxygens (including phenoxy) is 2. The lowest BCUT2D eigenvalue weighted by Gasteiger charge is -2.15. The molecule has 0 bridgehead atoms. The molecule has 0 heterocycles. The van der Waals surface area contributed by atoms with Crippen molar-refractivity contribution in [3.63, 3.8) is 0 Å². The lowest BCUT2D eigenvalue weighted by molar-refractivity contribution is 0.135. The van der Waals surface area contributed by atoms with E-state index in [1.807, 2.05) is 19.9 Å². The molecule has 1 aromatic rings. The van der Waals surface area contributed by atoms with Crippen LogP contribution in [0.15, 0.2) is 28.7 Å². The minimum absolute atomic E-state index is 0.0388. The van der Waals surface area contributed by atoms with E-state index in [9.17, 15) is 4.39 Å². The smallest absolute Gasteiger partial charge is 0.188 e. The minimum atomic E-state index is -0.798. The standard InChI is InChI=1S/C19H26Cl2FNO3/c1-4-7-15-12-16(24-11-8-18(21)22)13-17(20)19(15)25-9-5-6-10-26-23-14(2)3/h8,12-13H,4-7,9-11H2,1-3H3/b18-8-. The number of rotatable bonds is 12. The summed E-state index contributed by atoms with van der Waals surface area (Å²) in [4.78, 5) is 5.15. The Balaban J connectivity index is 2.60. The van der Waals surface area contributed by atoms with Crippen LogP contribution in [-0.4, -0.2) is 25.5 Å². The van der Waals surface area contributed by atoms with E-state index in [1.165, 1.54) is 0 Å². The molecule has 7 heteroatoms. The highest BCUT2D eigenvalue weighted by molar-refractivity contribution is 6.32. The van der Waals surface area contributed by atoms with Gasteiger partial charge in [-0.3, -0.25) is 0 Å². The number of benzene rings is 1. The van der Waals surface area contributed by atoms with Gasteiger partial charge < -0.3 is 14.3 Å². The third-order valence-corrected chi connectivity index (χ3v) is 3.66. The second kappa shape index (κ2) is 12.8. The van der Waals surface area contributed by atoms with Gasteiger partial charge in [-0.25, -0.2) is 0 Å². The van der Waals surface area contributed by atoms with E-state index in [4.69, 9.17) is 37.5 Å². The topological polar surface area (TPSA) is 40.0 Å². The Morgan fingerprint density at radius 3 is 2.58 bits per heavy atom. The van der Waals surface area contributed by atoms with Gasteiger partial charge in [-0.15, -0.1) is 0 Å². The predicted molar refractivity (Wildman–Crippen MR) is 105 cm³/mol. The third kappa shape index (κ3) is 9.30. The summed E-state index contributed by atoms with van der Waals surface area (Å²) in [7, 11) is 0. The lowest BCUT2D eigenvalue weighted by atomic mass is 10.1. The van der Waals surface area contributed by atoms with Crippen LogP contribution in [-0.2, 0) is 11.3 Å². The Hall–Kier alpha value is -1.46. The molecule has 0 N–H and O–H groups in total. The molecular weight excluding hydrogens is 380 g/mol. The average Bonchev–Trinajstić information content (AvgIpc) is 2.55. The van der Waals surface area contributed by atoms with Gasteiger partial charge in [-0.1, -0.05) is 41.7 Å². The Morgan fingerprint density at radius 2 is 1.92 bits per heavy atom. The van der Waals surface area contributed by atoms with Crippen LogP contribution in [0.2, 0.25) is 5.02 Å². The first-order valence-corrected chi connectivity index (χ1v) is 9.42. The molecule has 0 radical (unpaired) electrons. The van der Waals surface area contributed by atoms with Gasteiger partial charge in [0.15, 0.2) is 5.29 Å². The molecule has 1 rings (SSSR count). The molecule has 0 aliphatic carbocycles. The summed E-state index contributed by atoms with van der Waals surface area (Å²) in [6, 6.07) is 3.53. The molecular formula is C19H26Cl2FNO3. The van der Waals surface area contributed by atoms with Crippen molar-refractivity contribution in [3.8, 4) is 11.5 Å². The zero-order valence-corrected chi connectivity index (χ0v) is 17.0. The van der Waals surface area contributed by atoms with E-state index in [0.717, 1.165) is 43.0 Å². The molecule has 26 heavy (non-hydrogen) atoms. The van der Waals surface area contributed by atoms with E-state index >= 15 is 0 Å². The van der Waals surface area contributed by atoms with Crippen molar-refractivity contribution in [3.05, 3.63) is 34.1 Å². The zero-order chi connectivity index (χ0) is 19.4. The number of nitrogens with zero attached hydrogens (tertiary/aromatic N) is 1. The molecule has 146 valence electrons. The highest BCUT2D eigenvalue weighted by atomic mass is 35.5. The fourth-order valence-electron chi connectivity index (χ4n) is 2.14. The monoisotopic (exact) mass is 405 g/mol. The molecule has 0 fully saturated rings. The fourth-order valence-corrected chi connectivity index (χ4v) is 2.49. The molecule has 0 spiro atoms. The van der Waals surface area contributed by atoms with Crippen LogP contribution in [0.1, 0.15) is 45.6 Å². The van der Waals surface area contributed by atoms with Crippen molar-refractivity contribution in [2.75, 3.05) is 19.8 Å². The molecule has 0 atom stereocenters. The van der Waals surface area contributed by atoms with Gasteiger partial charge in [0, 0.05) is 12.1 Å². The normalized spacial score (nSPS) is 11.2. The molecule has 4 nitrogen and oxygen atoms in total. The van der Waals surface area contributed by atoms with Crippen LogP contribution >= 0.6 is 23.2 Å². The second-order valence-corrected chi connectivity index (χ2v) is 6.64. The van der Waals surface area contributed by atoms with Crippen LogP contribution in [0.3, 0.4) is 0 Å². The van der Waals surface area contributed by atoms with E-state index < -0.39 is 5.29 Å². The maximum absolute atomic E-state index is 12.5. The molecule has 0 aliphatic rings. The van der Waals surface area contributed by atoms with Crippen LogP contribution < -0.4 is 9.47 Å². The molecule has 0 unspecified atom stereocenters. The van der Waals surface area contributed by atoms with Gasteiger partial charge in [0.1, 0.15) is 24.7 Å². The van der Waals surface area contributed by atoms with Gasteiger partial charge in [0.25, 0.3) is 0 Å². The first kappa shape index (κ1) is 22.6. The molecule has 0 saturated carbocycles. The van der Waals surface area contributed by atoms with Crippen LogP contribution in [0.5, 0.6) is 11.5 Å². The van der Waals surface area contributed by atoms with Crippen molar-refractivity contribution in [1.82, 2.24) is 0 Å². The second-order valence-electron chi connectivity index (χ2n) is 5.88. The van der Waals surface area contributed by atoms with E-state index in [1.54, 1.807) is 6.07 Å². The highest BCUT2D eigenvalue weighted by Gasteiger charge is 2.12. The van der Waals surface area contributed by atoms with Gasteiger partial charge in [-0.05, 0) is 44.7 Å². The number of unbranched alkanes of at least 4 members (excludes halogenated alkanes) is 1.